The lowest BCUT2D eigenvalue weighted by Crippen LogP contribution is -2.47. The van der Waals surface area contributed by atoms with E-state index in [0.29, 0.717) is 12.3 Å². The molecule has 0 aromatic carbocycles. The van der Waals surface area contributed by atoms with Gasteiger partial charge in [-0.05, 0) is 0 Å². The largest absolute Gasteiger partial charge is 0.490 e. The van der Waals surface area contributed by atoms with Crippen LogP contribution in [0.4, 0.5) is 8.78 Å². The molecule has 1 fully saturated rings. The van der Waals surface area contributed by atoms with E-state index in [1.54, 1.807) is 4.98 Å². The molecule has 0 spiro atoms. The number of aromatic amines is 1. The summed E-state index contributed by atoms with van der Waals surface area (Å²) in [5, 5.41) is 2.13. The number of nitroso groups, excluding NO2 is 1. The van der Waals surface area contributed by atoms with Crippen LogP contribution in [0.2, 0.25) is 0 Å². The molecule has 1 aromatic rings. The lowest BCUT2D eigenvalue weighted by Gasteiger charge is -2.24. The van der Waals surface area contributed by atoms with E-state index in [4.69, 9.17) is 21.1 Å². The smallest absolute Gasteiger partial charge is 0.313 e. The number of phosphoric acid groups is 3. The molecule has 1 aliphatic heterocycles. The first kappa shape index (κ1) is 27.3. The predicted octanol–water partition coefficient (Wildman–Crippen LogP) is -0.449. The van der Waals surface area contributed by atoms with Gasteiger partial charge in [-0.25, -0.2) is 27.3 Å². The minimum atomic E-state index is -5.98. The Kier molecular flexibility index (Phi) is 7.47. The maximum absolute atomic E-state index is 15.4. The predicted molar refractivity (Wildman–Crippen MR) is 97.4 cm³/mol. The van der Waals surface area contributed by atoms with Crippen molar-refractivity contribution in [2.45, 2.75) is 23.8 Å². The summed E-state index contributed by atoms with van der Waals surface area (Å²) in [5.74, 6) is -2.46. The van der Waals surface area contributed by atoms with Gasteiger partial charge in [0, 0.05) is 12.3 Å². The van der Waals surface area contributed by atoms with Gasteiger partial charge in [0.1, 0.15) is 6.61 Å². The average Bonchev–Trinajstić information content (AvgIpc) is 2.85. The summed E-state index contributed by atoms with van der Waals surface area (Å²) in [5.41, 5.74) is -5.87. The Bertz CT molecular complexity index is 1240. The Hall–Kier alpha value is -1.93. The second-order valence-electron chi connectivity index (χ2n) is 6.06. The number of phosphoric ester groups is 1. The Balaban J connectivity index is 2.35. The van der Waals surface area contributed by atoms with Crippen molar-refractivity contribution in [3.8, 4) is 12.3 Å². The van der Waals surface area contributed by atoms with Crippen LogP contribution in [0.1, 0.15) is 6.23 Å². The first-order valence-electron chi connectivity index (χ1n) is 7.84. The van der Waals surface area contributed by atoms with Crippen molar-refractivity contribution in [1.82, 2.24) is 9.55 Å². The summed E-state index contributed by atoms with van der Waals surface area (Å²) in [6.07, 6.45) is 3.14. The first-order chi connectivity index (χ1) is 14.9. The Labute approximate surface area is 179 Å². The fourth-order valence-corrected chi connectivity index (χ4v) is 5.58. The molecule has 33 heavy (non-hydrogen) atoms. The minimum absolute atomic E-state index is 0.228. The number of nitrogens with zero attached hydrogens (tertiary/aromatic N) is 2. The lowest BCUT2D eigenvalue weighted by molar-refractivity contribution is -0.182. The van der Waals surface area contributed by atoms with Crippen molar-refractivity contribution in [2.75, 3.05) is 6.61 Å². The van der Waals surface area contributed by atoms with Crippen LogP contribution in [0.5, 0.6) is 0 Å². The summed E-state index contributed by atoms with van der Waals surface area (Å²) in [6, 6.07) is -2.21. The van der Waals surface area contributed by atoms with Crippen LogP contribution in [-0.2, 0) is 31.6 Å². The van der Waals surface area contributed by atoms with Gasteiger partial charge in [0.2, 0.25) is 11.7 Å². The highest BCUT2D eigenvalue weighted by atomic mass is 31.3. The number of hydrogen-bond donors (Lipinski definition) is 5. The van der Waals surface area contributed by atoms with E-state index in [1.165, 1.54) is 5.92 Å². The van der Waals surface area contributed by atoms with Crippen molar-refractivity contribution in [2.24, 2.45) is 5.18 Å². The van der Waals surface area contributed by atoms with E-state index in [1.807, 2.05) is 0 Å². The van der Waals surface area contributed by atoms with Crippen LogP contribution in [0.25, 0.3) is 0 Å². The standard InChI is InChI=1S/C11H12F2N3O14P3/c1-2-10(12)7(15-19)11(13,28-8(10)16-4-3-6(17)14-9(16)18)5-27-32(23,24)30-33(25,26)29-31(20,21)22/h1,3-4,7-8H,5H2,(H,23,24)(H,25,26)(H,14,17,18)(H2,20,21,22)/t7-,8+,10+,11+/m0/s1. The van der Waals surface area contributed by atoms with Gasteiger partial charge in [-0.2, -0.15) is 13.5 Å². The van der Waals surface area contributed by atoms with E-state index in [-0.39, 0.29) is 4.57 Å². The van der Waals surface area contributed by atoms with E-state index < -0.39 is 65.1 Å². The molecule has 2 unspecified atom stereocenters. The third-order valence-corrected chi connectivity index (χ3v) is 7.53. The highest BCUT2D eigenvalue weighted by Crippen LogP contribution is 2.66. The molecule has 2 heterocycles. The monoisotopic (exact) mass is 541 g/mol. The highest BCUT2D eigenvalue weighted by molar-refractivity contribution is 7.66. The number of ether oxygens (including phenoxy) is 1. The zero-order valence-electron chi connectivity index (χ0n) is 15.5. The number of hydrogen-bond acceptors (Lipinski definition) is 11. The van der Waals surface area contributed by atoms with Crippen molar-refractivity contribution in [3.63, 3.8) is 0 Å². The number of aromatic nitrogens is 2. The molecule has 0 bridgehead atoms. The van der Waals surface area contributed by atoms with Crippen LogP contribution in [0.3, 0.4) is 0 Å². The molecule has 1 aliphatic rings. The van der Waals surface area contributed by atoms with Gasteiger partial charge in [-0.3, -0.25) is 18.9 Å². The molecule has 0 aliphatic carbocycles. The van der Waals surface area contributed by atoms with Gasteiger partial charge in [-0.1, -0.05) is 11.1 Å². The molecule has 6 atom stereocenters. The number of terminal acetylenes is 1. The van der Waals surface area contributed by atoms with E-state index in [9.17, 15) is 33.1 Å². The zero-order valence-corrected chi connectivity index (χ0v) is 18.1. The molecule has 5 N–H and O–H groups in total. The van der Waals surface area contributed by atoms with Gasteiger partial charge >= 0.3 is 29.2 Å². The summed E-state index contributed by atoms with van der Waals surface area (Å²) >= 11 is 0. The number of halogens is 2. The number of H-pyrrole nitrogens is 1. The summed E-state index contributed by atoms with van der Waals surface area (Å²) < 4.78 is 80.0. The molecule has 17 nitrogen and oxygen atoms in total. The van der Waals surface area contributed by atoms with Gasteiger partial charge in [0.15, 0.2) is 6.23 Å². The van der Waals surface area contributed by atoms with E-state index in [0.717, 1.165) is 0 Å². The van der Waals surface area contributed by atoms with Crippen molar-refractivity contribution in [1.29, 1.82) is 0 Å². The Morgan fingerprint density at radius 2 is 1.82 bits per heavy atom. The first-order valence-corrected chi connectivity index (χ1v) is 12.4. The van der Waals surface area contributed by atoms with Gasteiger partial charge < -0.3 is 24.3 Å². The maximum Gasteiger partial charge on any atom is 0.490 e. The van der Waals surface area contributed by atoms with Crippen molar-refractivity contribution < 1.29 is 59.9 Å². The van der Waals surface area contributed by atoms with Crippen molar-refractivity contribution in [3.05, 3.63) is 38.0 Å². The van der Waals surface area contributed by atoms with Gasteiger partial charge in [0.25, 0.3) is 11.4 Å². The molecule has 0 saturated carbocycles. The van der Waals surface area contributed by atoms with Crippen LogP contribution >= 0.6 is 23.5 Å². The third-order valence-electron chi connectivity index (χ3n) is 3.74. The van der Waals surface area contributed by atoms with Crippen LogP contribution in [-0.4, -0.2) is 53.3 Å². The van der Waals surface area contributed by atoms with Crippen LogP contribution < -0.4 is 11.2 Å². The van der Waals surface area contributed by atoms with Gasteiger partial charge in [-0.15, -0.1) is 6.42 Å². The average molecular weight is 541 g/mol. The number of nitrogens with one attached hydrogen (secondary N) is 1. The molecule has 1 saturated heterocycles. The lowest BCUT2D eigenvalue weighted by atomic mass is 9.93. The van der Waals surface area contributed by atoms with Crippen molar-refractivity contribution >= 4 is 23.5 Å². The zero-order chi connectivity index (χ0) is 25.5. The van der Waals surface area contributed by atoms with Gasteiger partial charge in [0.05, 0.1) is 0 Å². The summed E-state index contributed by atoms with van der Waals surface area (Å²) in [6.45, 7) is -1.96. The molecular formula is C11H12F2N3O14P3. The maximum atomic E-state index is 15.4. The molecule has 2 rings (SSSR count). The topological polar surface area (TPSA) is 253 Å². The fourth-order valence-electron chi connectivity index (χ4n) is 2.55. The summed E-state index contributed by atoms with van der Waals surface area (Å²) in [4.78, 5) is 71.3. The fraction of sp³-hybridized carbons (Fsp3) is 0.455. The molecular weight excluding hydrogens is 529 g/mol. The van der Waals surface area contributed by atoms with Crippen LogP contribution in [0.15, 0.2) is 27.0 Å². The second kappa shape index (κ2) is 9.02. The molecule has 0 amide bonds. The number of alkyl halides is 2. The third kappa shape index (κ3) is 6.15. The second-order valence-corrected chi connectivity index (χ2v) is 10.5. The minimum Gasteiger partial charge on any atom is -0.313 e. The molecule has 1 aromatic heterocycles. The SMILES string of the molecule is C#C[C@]1(F)[C@H](n2ccc(=O)[nH]c2=O)O[C@](F)(COP(=O)(O)OP(=O)(O)OP(=O)(O)O)[C@H]1N=O. The highest BCUT2D eigenvalue weighted by Gasteiger charge is 2.69. The Morgan fingerprint density at radius 1 is 1.21 bits per heavy atom. The normalized spacial score (nSPS) is 31.3. The Morgan fingerprint density at radius 3 is 2.30 bits per heavy atom. The number of rotatable bonds is 9. The van der Waals surface area contributed by atoms with Crippen LogP contribution in [0, 0.1) is 17.3 Å². The summed E-state index contributed by atoms with van der Waals surface area (Å²) in [7, 11) is -17.6. The quantitative estimate of drug-likeness (QED) is 0.151. The van der Waals surface area contributed by atoms with E-state index in [2.05, 4.69) is 23.1 Å². The van der Waals surface area contributed by atoms with E-state index >= 15 is 8.78 Å². The molecule has 22 heteroatoms. The molecule has 0 radical (unpaired) electrons. The molecule has 184 valence electrons.